The van der Waals surface area contributed by atoms with Crippen LogP contribution < -0.4 is 10.6 Å². The second-order valence-electron chi connectivity index (χ2n) is 6.37. The maximum absolute atomic E-state index is 12.7. The van der Waals surface area contributed by atoms with Crippen LogP contribution in [0.3, 0.4) is 0 Å². The SMILES string of the molecule is Cc1cccc(NC(=O)C2(C(=O)Nc3ccc(Cl)c(Cl)c3)CC2)c1C. The molecule has 2 N–H and O–H groups in total. The van der Waals surface area contributed by atoms with Crippen LogP contribution in [-0.4, -0.2) is 11.8 Å². The molecule has 0 radical (unpaired) electrons. The molecule has 2 aromatic rings. The van der Waals surface area contributed by atoms with Gasteiger partial charge in [-0.05, 0) is 62.1 Å². The van der Waals surface area contributed by atoms with Crippen molar-refractivity contribution >= 4 is 46.4 Å². The molecule has 2 amide bonds. The maximum atomic E-state index is 12.7. The monoisotopic (exact) mass is 376 g/mol. The van der Waals surface area contributed by atoms with Crippen LogP contribution in [0.15, 0.2) is 36.4 Å². The Morgan fingerprint density at radius 3 is 2.28 bits per heavy atom. The summed E-state index contributed by atoms with van der Waals surface area (Å²) in [6, 6.07) is 10.5. The van der Waals surface area contributed by atoms with Gasteiger partial charge in [0, 0.05) is 11.4 Å². The number of carbonyl (C=O) groups is 2. The van der Waals surface area contributed by atoms with Crippen molar-refractivity contribution in [1.29, 1.82) is 0 Å². The van der Waals surface area contributed by atoms with Gasteiger partial charge in [-0.2, -0.15) is 0 Å². The fraction of sp³-hybridized carbons (Fsp3) is 0.263. The Morgan fingerprint density at radius 2 is 1.64 bits per heavy atom. The molecule has 2 aromatic carbocycles. The van der Waals surface area contributed by atoms with E-state index in [1.54, 1.807) is 18.2 Å². The molecule has 0 spiro atoms. The summed E-state index contributed by atoms with van der Waals surface area (Å²) >= 11 is 11.8. The lowest BCUT2D eigenvalue weighted by molar-refractivity contribution is -0.131. The van der Waals surface area contributed by atoms with Gasteiger partial charge in [-0.3, -0.25) is 9.59 Å². The second kappa shape index (κ2) is 6.70. The predicted octanol–water partition coefficient (Wildman–Crippen LogP) is 4.97. The summed E-state index contributed by atoms with van der Waals surface area (Å²) in [6.07, 6.45) is 1.05. The number of hydrogen-bond acceptors (Lipinski definition) is 2. The molecular weight excluding hydrogens is 359 g/mol. The summed E-state index contributed by atoms with van der Waals surface area (Å²) < 4.78 is 0. The number of aryl methyl sites for hydroxylation is 1. The van der Waals surface area contributed by atoms with E-state index in [1.165, 1.54) is 0 Å². The summed E-state index contributed by atoms with van der Waals surface area (Å²) in [6.45, 7) is 3.93. The lowest BCUT2D eigenvalue weighted by Crippen LogP contribution is -2.35. The van der Waals surface area contributed by atoms with E-state index in [1.807, 2.05) is 32.0 Å². The first kappa shape index (κ1) is 17.8. The van der Waals surface area contributed by atoms with Crippen LogP contribution in [0.2, 0.25) is 10.0 Å². The van der Waals surface area contributed by atoms with Crippen molar-refractivity contribution in [1.82, 2.24) is 0 Å². The van der Waals surface area contributed by atoms with Gasteiger partial charge in [0.25, 0.3) is 0 Å². The number of hydrogen-bond donors (Lipinski definition) is 2. The van der Waals surface area contributed by atoms with E-state index in [-0.39, 0.29) is 11.8 Å². The molecule has 0 unspecified atom stereocenters. The number of carbonyl (C=O) groups excluding carboxylic acids is 2. The van der Waals surface area contributed by atoms with E-state index in [0.29, 0.717) is 28.6 Å². The molecule has 1 aliphatic rings. The molecular formula is C19H18Cl2N2O2. The van der Waals surface area contributed by atoms with E-state index < -0.39 is 5.41 Å². The molecule has 1 fully saturated rings. The maximum Gasteiger partial charge on any atom is 0.240 e. The van der Waals surface area contributed by atoms with Gasteiger partial charge in [-0.1, -0.05) is 35.3 Å². The van der Waals surface area contributed by atoms with E-state index in [0.717, 1.165) is 16.8 Å². The quantitative estimate of drug-likeness (QED) is 0.740. The Hall–Kier alpha value is -2.04. The highest BCUT2D eigenvalue weighted by atomic mass is 35.5. The van der Waals surface area contributed by atoms with Crippen LogP contribution >= 0.6 is 23.2 Å². The molecule has 3 rings (SSSR count). The highest BCUT2D eigenvalue weighted by molar-refractivity contribution is 6.42. The van der Waals surface area contributed by atoms with Crippen LogP contribution in [0.25, 0.3) is 0 Å². The largest absolute Gasteiger partial charge is 0.325 e. The Bertz CT molecular complexity index is 860. The fourth-order valence-electron chi connectivity index (χ4n) is 2.64. The topological polar surface area (TPSA) is 58.2 Å². The molecule has 0 aromatic heterocycles. The summed E-state index contributed by atoms with van der Waals surface area (Å²) in [4.78, 5) is 25.3. The normalized spacial score (nSPS) is 14.7. The fourth-order valence-corrected chi connectivity index (χ4v) is 2.93. The Labute approximate surface area is 156 Å². The van der Waals surface area contributed by atoms with Gasteiger partial charge in [0.2, 0.25) is 11.8 Å². The van der Waals surface area contributed by atoms with Crippen molar-refractivity contribution in [2.75, 3.05) is 10.6 Å². The van der Waals surface area contributed by atoms with E-state index >= 15 is 0 Å². The minimum absolute atomic E-state index is 0.279. The van der Waals surface area contributed by atoms with Crippen LogP contribution in [0.1, 0.15) is 24.0 Å². The molecule has 0 saturated heterocycles. The smallest absolute Gasteiger partial charge is 0.240 e. The van der Waals surface area contributed by atoms with Crippen molar-refractivity contribution in [3.05, 3.63) is 57.6 Å². The van der Waals surface area contributed by atoms with E-state index in [9.17, 15) is 9.59 Å². The average Bonchev–Trinajstić information content (AvgIpc) is 3.37. The van der Waals surface area contributed by atoms with Crippen LogP contribution in [0, 0.1) is 19.3 Å². The number of nitrogens with one attached hydrogen (secondary N) is 2. The molecule has 130 valence electrons. The molecule has 1 aliphatic carbocycles. The van der Waals surface area contributed by atoms with Gasteiger partial charge in [0.05, 0.1) is 10.0 Å². The van der Waals surface area contributed by atoms with E-state index in [2.05, 4.69) is 10.6 Å². The van der Waals surface area contributed by atoms with Gasteiger partial charge in [-0.15, -0.1) is 0 Å². The number of rotatable bonds is 4. The van der Waals surface area contributed by atoms with Gasteiger partial charge >= 0.3 is 0 Å². The van der Waals surface area contributed by atoms with E-state index in [4.69, 9.17) is 23.2 Å². The summed E-state index contributed by atoms with van der Waals surface area (Å²) in [5, 5.41) is 6.42. The van der Waals surface area contributed by atoms with Gasteiger partial charge in [-0.25, -0.2) is 0 Å². The van der Waals surface area contributed by atoms with Gasteiger partial charge in [0.15, 0.2) is 0 Å². The number of anilines is 2. The molecule has 25 heavy (non-hydrogen) atoms. The highest BCUT2D eigenvalue weighted by Gasteiger charge is 2.56. The zero-order valence-electron chi connectivity index (χ0n) is 14.0. The molecule has 0 heterocycles. The lowest BCUT2D eigenvalue weighted by atomic mass is 10.0. The second-order valence-corrected chi connectivity index (χ2v) is 7.18. The third kappa shape index (κ3) is 3.51. The Kier molecular flexibility index (Phi) is 4.76. The Morgan fingerprint density at radius 1 is 0.960 bits per heavy atom. The van der Waals surface area contributed by atoms with Gasteiger partial charge < -0.3 is 10.6 Å². The highest BCUT2D eigenvalue weighted by Crippen LogP contribution is 2.47. The lowest BCUT2D eigenvalue weighted by Gasteiger charge is -2.17. The van der Waals surface area contributed by atoms with Crippen molar-refractivity contribution in [2.24, 2.45) is 5.41 Å². The first-order chi connectivity index (χ1) is 11.8. The van der Waals surface area contributed by atoms with Crippen molar-refractivity contribution in [2.45, 2.75) is 26.7 Å². The number of amides is 2. The van der Waals surface area contributed by atoms with Crippen LogP contribution in [-0.2, 0) is 9.59 Å². The predicted molar refractivity (Wildman–Crippen MR) is 101 cm³/mol. The molecule has 0 bridgehead atoms. The zero-order chi connectivity index (χ0) is 18.2. The number of benzene rings is 2. The number of halogens is 2. The van der Waals surface area contributed by atoms with Crippen molar-refractivity contribution in [3.63, 3.8) is 0 Å². The first-order valence-corrected chi connectivity index (χ1v) is 8.73. The average molecular weight is 377 g/mol. The Balaban J connectivity index is 1.74. The standard InChI is InChI=1S/C19H18Cl2N2O2/c1-11-4-3-5-16(12(11)2)23-18(25)19(8-9-19)17(24)22-13-6-7-14(20)15(21)10-13/h3-7,10H,8-9H2,1-2H3,(H,22,24)(H,23,25). The third-order valence-corrected chi connectivity index (χ3v) is 5.39. The third-order valence-electron chi connectivity index (χ3n) is 4.65. The molecule has 6 heteroatoms. The molecule has 4 nitrogen and oxygen atoms in total. The summed E-state index contributed by atoms with van der Waals surface area (Å²) in [5.74, 6) is -0.604. The van der Waals surface area contributed by atoms with Crippen molar-refractivity contribution in [3.8, 4) is 0 Å². The summed E-state index contributed by atoms with van der Waals surface area (Å²) in [5.41, 5.74) is 2.31. The molecule has 0 aliphatic heterocycles. The van der Waals surface area contributed by atoms with Crippen molar-refractivity contribution < 1.29 is 9.59 Å². The summed E-state index contributed by atoms with van der Waals surface area (Å²) in [7, 11) is 0. The zero-order valence-corrected chi connectivity index (χ0v) is 15.5. The van der Waals surface area contributed by atoms with Crippen LogP contribution in [0.5, 0.6) is 0 Å². The molecule has 0 atom stereocenters. The van der Waals surface area contributed by atoms with Gasteiger partial charge in [0.1, 0.15) is 5.41 Å². The minimum Gasteiger partial charge on any atom is -0.325 e. The minimum atomic E-state index is -1.03. The van der Waals surface area contributed by atoms with Crippen LogP contribution in [0.4, 0.5) is 11.4 Å². The molecule has 1 saturated carbocycles. The first-order valence-electron chi connectivity index (χ1n) is 7.98.